The van der Waals surface area contributed by atoms with Gasteiger partial charge in [-0.15, -0.1) is 0 Å². The number of hydrogen-bond acceptors (Lipinski definition) is 3. The maximum absolute atomic E-state index is 13.4. The topological polar surface area (TPSA) is 74.4 Å². The molecule has 0 aliphatic carbocycles. The summed E-state index contributed by atoms with van der Waals surface area (Å²) in [5, 5.41) is 4.01. The van der Waals surface area contributed by atoms with Crippen LogP contribution < -0.4 is 5.32 Å². The lowest BCUT2D eigenvalue weighted by Crippen LogP contribution is -2.52. The number of hydrogen-bond donors (Lipinski definition) is 2. The molecule has 1 aliphatic heterocycles. The zero-order valence-corrected chi connectivity index (χ0v) is 18.5. The molecule has 0 spiro atoms. The number of aromatic amines is 1. The first-order valence-corrected chi connectivity index (χ1v) is 11.4. The van der Waals surface area contributed by atoms with E-state index in [2.05, 4.69) is 29.4 Å². The molecular formula is C26H31N3O3. The highest BCUT2D eigenvalue weighted by molar-refractivity contribution is 5.86. The predicted octanol–water partition coefficient (Wildman–Crippen LogP) is 4.80. The maximum Gasteiger partial charge on any atom is 0.408 e. The van der Waals surface area contributed by atoms with Crippen molar-refractivity contribution in [3.63, 3.8) is 0 Å². The number of nitrogens with one attached hydrogen (secondary N) is 2. The molecule has 1 aromatic heterocycles. The molecule has 0 unspecified atom stereocenters. The SMILES string of the molecule is C[C@@H]1CCCC[C@H](NC(=O)OCc2ccccc2)C(=O)N1CCc1c[nH]c2ccccc12. The number of carbonyl (C=O) groups is 2. The van der Waals surface area contributed by atoms with Crippen LogP contribution in [0.15, 0.2) is 60.8 Å². The van der Waals surface area contributed by atoms with Gasteiger partial charge in [0.1, 0.15) is 12.6 Å². The summed E-state index contributed by atoms with van der Waals surface area (Å²) in [6.45, 7) is 2.91. The molecule has 0 radical (unpaired) electrons. The highest BCUT2D eigenvalue weighted by Crippen LogP contribution is 2.22. The lowest BCUT2D eigenvalue weighted by atomic mass is 9.98. The first-order chi connectivity index (χ1) is 15.6. The van der Waals surface area contributed by atoms with E-state index in [1.807, 2.05) is 53.6 Å². The number of amides is 2. The normalized spacial score (nSPS) is 19.4. The first-order valence-electron chi connectivity index (χ1n) is 11.4. The van der Waals surface area contributed by atoms with Crippen LogP contribution >= 0.6 is 0 Å². The van der Waals surface area contributed by atoms with Crippen molar-refractivity contribution in [3.05, 3.63) is 71.9 Å². The number of alkyl carbamates (subject to hydrolysis) is 1. The molecule has 0 bridgehead atoms. The molecule has 0 saturated carbocycles. The van der Waals surface area contributed by atoms with E-state index in [0.29, 0.717) is 13.0 Å². The Morgan fingerprint density at radius 1 is 1.09 bits per heavy atom. The molecule has 32 heavy (non-hydrogen) atoms. The standard InChI is InChI=1S/C26H31N3O3/c1-19-9-5-7-14-24(28-26(31)32-18-20-10-3-2-4-11-20)25(30)29(19)16-15-21-17-27-23-13-8-6-12-22(21)23/h2-4,6,8,10-13,17,19,24,27H,5,7,9,14-16,18H2,1H3,(H,28,31)/t19-,24+/m1/s1. The third-order valence-electron chi connectivity index (χ3n) is 6.28. The minimum absolute atomic E-state index is 0.0197. The Bertz CT molecular complexity index is 1050. The Morgan fingerprint density at radius 2 is 1.84 bits per heavy atom. The van der Waals surface area contributed by atoms with Gasteiger partial charge >= 0.3 is 6.09 Å². The fourth-order valence-corrected chi connectivity index (χ4v) is 4.44. The number of fused-ring (bicyclic) bond motifs is 1. The van der Waals surface area contributed by atoms with Crippen LogP contribution in [0.25, 0.3) is 10.9 Å². The van der Waals surface area contributed by atoms with Crippen LogP contribution in [0.1, 0.15) is 43.7 Å². The van der Waals surface area contributed by atoms with Gasteiger partial charge in [0.15, 0.2) is 0 Å². The molecular weight excluding hydrogens is 402 g/mol. The zero-order chi connectivity index (χ0) is 22.3. The number of para-hydroxylation sites is 1. The summed E-state index contributed by atoms with van der Waals surface area (Å²) < 4.78 is 5.36. The molecule has 4 rings (SSSR count). The van der Waals surface area contributed by atoms with Gasteiger partial charge in [-0.05, 0) is 43.4 Å². The summed E-state index contributed by atoms with van der Waals surface area (Å²) in [7, 11) is 0. The van der Waals surface area contributed by atoms with E-state index < -0.39 is 12.1 Å². The largest absolute Gasteiger partial charge is 0.445 e. The summed E-state index contributed by atoms with van der Waals surface area (Å²) in [4.78, 5) is 31.0. The average molecular weight is 434 g/mol. The number of aromatic nitrogens is 1. The van der Waals surface area contributed by atoms with Gasteiger partial charge in [0.2, 0.25) is 5.91 Å². The lowest BCUT2D eigenvalue weighted by Gasteiger charge is -2.35. The monoisotopic (exact) mass is 433 g/mol. The third kappa shape index (κ3) is 5.31. The fraction of sp³-hybridized carbons (Fsp3) is 0.385. The second-order valence-corrected chi connectivity index (χ2v) is 8.53. The fourth-order valence-electron chi connectivity index (χ4n) is 4.44. The third-order valence-corrected chi connectivity index (χ3v) is 6.28. The minimum atomic E-state index is -0.552. The summed E-state index contributed by atoms with van der Waals surface area (Å²) in [6, 6.07) is 17.3. The van der Waals surface area contributed by atoms with E-state index in [9.17, 15) is 9.59 Å². The Labute approximate surface area is 188 Å². The van der Waals surface area contributed by atoms with Gasteiger partial charge in [0, 0.05) is 29.7 Å². The van der Waals surface area contributed by atoms with Crippen molar-refractivity contribution in [2.45, 2.75) is 57.7 Å². The van der Waals surface area contributed by atoms with Crippen LogP contribution in [0.2, 0.25) is 0 Å². The molecule has 6 heteroatoms. The van der Waals surface area contributed by atoms with Gasteiger partial charge in [-0.1, -0.05) is 61.4 Å². The molecule has 1 aliphatic rings. The van der Waals surface area contributed by atoms with Crippen molar-refractivity contribution in [2.75, 3.05) is 6.54 Å². The molecule has 1 fully saturated rings. The summed E-state index contributed by atoms with van der Waals surface area (Å²) in [5.74, 6) is -0.0197. The molecule has 2 aromatic carbocycles. The molecule has 2 atom stereocenters. The van der Waals surface area contributed by atoms with E-state index in [-0.39, 0.29) is 18.6 Å². The van der Waals surface area contributed by atoms with E-state index >= 15 is 0 Å². The maximum atomic E-state index is 13.4. The van der Waals surface area contributed by atoms with E-state index in [1.165, 1.54) is 10.9 Å². The Hall–Kier alpha value is -3.28. The molecule has 6 nitrogen and oxygen atoms in total. The number of benzene rings is 2. The summed E-state index contributed by atoms with van der Waals surface area (Å²) >= 11 is 0. The van der Waals surface area contributed by atoms with Crippen molar-refractivity contribution >= 4 is 22.9 Å². The number of ether oxygens (including phenoxy) is 1. The smallest absolute Gasteiger partial charge is 0.408 e. The van der Waals surface area contributed by atoms with Gasteiger partial charge in [0.25, 0.3) is 0 Å². The molecule has 2 heterocycles. The quantitative estimate of drug-likeness (QED) is 0.587. The van der Waals surface area contributed by atoms with E-state index in [1.54, 1.807) is 0 Å². The number of nitrogens with zero attached hydrogens (tertiary/aromatic N) is 1. The van der Waals surface area contributed by atoms with Crippen molar-refractivity contribution < 1.29 is 14.3 Å². The van der Waals surface area contributed by atoms with Crippen molar-refractivity contribution in [3.8, 4) is 0 Å². The highest BCUT2D eigenvalue weighted by atomic mass is 16.5. The van der Waals surface area contributed by atoms with Crippen molar-refractivity contribution in [2.24, 2.45) is 0 Å². The summed E-state index contributed by atoms with van der Waals surface area (Å²) in [5.41, 5.74) is 3.23. The Morgan fingerprint density at radius 3 is 2.69 bits per heavy atom. The van der Waals surface area contributed by atoms with Gasteiger partial charge < -0.3 is 19.9 Å². The van der Waals surface area contributed by atoms with Crippen LogP contribution in [-0.4, -0.2) is 40.5 Å². The number of H-pyrrole nitrogens is 1. The second-order valence-electron chi connectivity index (χ2n) is 8.53. The lowest BCUT2D eigenvalue weighted by molar-refractivity contribution is -0.136. The molecule has 2 amide bonds. The van der Waals surface area contributed by atoms with Crippen LogP contribution in [0.3, 0.4) is 0 Å². The van der Waals surface area contributed by atoms with Gasteiger partial charge in [-0.2, -0.15) is 0 Å². The number of rotatable bonds is 6. The van der Waals surface area contributed by atoms with Crippen LogP contribution in [0.5, 0.6) is 0 Å². The van der Waals surface area contributed by atoms with Crippen LogP contribution in [0, 0.1) is 0 Å². The molecule has 2 N–H and O–H groups in total. The van der Waals surface area contributed by atoms with Crippen molar-refractivity contribution in [1.29, 1.82) is 0 Å². The van der Waals surface area contributed by atoms with E-state index in [4.69, 9.17) is 4.74 Å². The number of carbonyl (C=O) groups excluding carboxylic acids is 2. The van der Waals surface area contributed by atoms with E-state index in [0.717, 1.165) is 36.8 Å². The summed E-state index contributed by atoms with van der Waals surface area (Å²) in [6.07, 6.45) is 5.81. The van der Waals surface area contributed by atoms with Crippen LogP contribution in [-0.2, 0) is 22.6 Å². The predicted molar refractivity (Wildman–Crippen MR) is 125 cm³/mol. The Kier molecular flexibility index (Phi) is 7.10. The second kappa shape index (κ2) is 10.4. The molecule has 1 saturated heterocycles. The molecule has 3 aromatic rings. The average Bonchev–Trinajstić information content (AvgIpc) is 3.23. The van der Waals surface area contributed by atoms with Crippen molar-refractivity contribution in [1.82, 2.24) is 15.2 Å². The highest BCUT2D eigenvalue weighted by Gasteiger charge is 2.31. The first kappa shape index (κ1) is 21.9. The Balaban J connectivity index is 1.39. The van der Waals surface area contributed by atoms with Gasteiger partial charge in [0.05, 0.1) is 0 Å². The molecule has 168 valence electrons. The van der Waals surface area contributed by atoms with Gasteiger partial charge in [-0.3, -0.25) is 4.79 Å². The number of likely N-dealkylation sites (tertiary alicyclic amines) is 1. The zero-order valence-electron chi connectivity index (χ0n) is 18.5. The minimum Gasteiger partial charge on any atom is -0.445 e. The van der Waals surface area contributed by atoms with Crippen LogP contribution in [0.4, 0.5) is 4.79 Å². The van der Waals surface area contributed by atoms with Gasteiger partial charge in [-0.25, -0.2) is 4.79 Å².